The number of rotatable bonds is 4. The zero-order chi connectivity index (χ0) is 16.1. The van der Waals surface area contributed by atoms with Crippen LogP contribution in [-0.2, 0) is 6.42 Å². The number of hydrogen-bond donors (Lipinski definition) is 2. The fourth-order valence-electron chi connectivity index (χ4n) is 2.56. The van der Waals surface area contributed by atoms with E-state index in [9.17, 15) is 0 Å². The molecular weight excluding hydrogens is 290 g/mol. The third-order valence-electron chi connectivity index (χ3n) is 3.77. The molecule has 1 atom stereocenters. The van der Waals surface area contributed by atoms with Crippen molar-refractivity contribution < 1.29 is 4.74 Å². The predicted molar refractivity (Wildman–Crippen MR) is 89.4 cm³/mol. The first-order valence-corrected chi connectivity index (χ1v) is 7.78. The molecule has 0 aliphatic carbocycles. The Labute approximate surface area is 135 Å². The van der Waals surface area contributed by atoms with Crippen molar-refractivity contribution in [1.82, 2.24) is 15.3 Å². The Kier molecular flexibility index (Phi) is 4.71. The quantitative estimate of drug-likeness (QED) is 0.664. The van der Waals surface area contributed by atoms with Crippen molar-refractivity contribution in [2.75, 3.05) is 13.2 Å². The van der Waals surface area contributed by atoms with Crippen LogP contribution in [-0.4, -0.2) is 29.1 Å². The molecule has 6 heteroatoms. The van der Waals surface area contributed by atoms with E-state index in [1.54, 1.807) is 12.4 Å². The summed E-state index contributed by atoms with van der Waals surface area (Å²) in [4.78, 5) is 12.9. The van der Waals surface area contributed by atoms with Crippen LogP contribution in [0.1, 0.15) is 29.4 Å². The van der Waals surface area contributed by atoms with Gasteiger partial charge in [-0.2, -0.15) is 0 Å². The molecule has 1 aliphatic heterocycles. The highest BCUT2D eigenvalue weighted by Crippen LogP contribution is 2.31. The maximum Gasteiger partial charge on any atom is 0.189 e. The molecule has 0 saturated carbocycles. The van der Waals surface area contributed by atoms with Gasteiger partial charge in [-0.1, -0.05) is 18.2 Å². The van der Waals surface area contributed by atoms with E-state index in [0.717, 1.165) is 35.5 Å². The summed E-state index contributed by atoms with van der Waals surface area (Å²) in [5, 5.41) is 3.28. The summed E-state index contributed by atoms with van der Waals surface area (Å²) in [7, 11) is 0. The van der Waals surface area contributed by atoms with Crippen LogP contribution in [0.5, 0.6) is 5.75 Å². The number of fused-ring (bicyclic) bond motifs is 1. The average molecular weight is 311 g/mol. The lowest BCUT2D eigenvalue weighted by molar-refractivity contribution is 0.262. The lowest BCUT2D eigenvalue weighted by Crippen LogP contribution is -2.37. The normalized spacial score (nSPS) is 17.3. The lowest BCUT2D eigenvalue weighted by Gasteiger charge is -2.26. The average Bonchev–Trinajstić information content (AvgIpc) is 2.57. The van der Waals surface area contributed by atoms with Crippen molar-refractivity contribution in [3.63, 3.8) is 0 Å². The molecule has 3 rings (SSSR count). The molecule has 23 heavy (non-hydrogen) atoms. The molecule has 0 saturated heterocycles. The summed E-state index contributed by atoms with van der Waals surface area (Å²) in [6.07, 6.45) is 5.14. The number of guanidine groups is 1. The third kappa shape index (κ3) is 3.97. The Hall–Kier alpha value is -2.63. The van der Waals surface area contributed by atoms with Gasteiger partial charge in [0, 0.05) is 37.3 Å². The third-order valence-corrected chi connectivity index (χ3v) is 3.77. The highest BCUT2D eigenvalue weighted by molar-refractivity contribution is 5.78. The van der Waals surface area contributed by atoms with Gasteiger partial charge >= 0.3 is 0 Å². The summed E-state index contributed by atoms with van der Waals surface area (Å²) in [6, 6.07) is 8.16. The molecule has 0 amide bonds. The van der Waals surface area contributed by atoms with Crippen LogP contribution in [0.4, 0.5) is 0 Å². The van der Waals surface area contributed by atoms with Crippen LogP contribution in [0.15, 0.2) is 41.7 Å². The summed E-state index contributed by atoms with van der Waals surface area (Å²) >= 11 is 0. The molecule has 1 unspecified atom stereocenters. The maximum atomic E-state index is 6.01. The van der Waals surface area contributed by atoms with E-state index in [4.69, 9.17) is 10.5 Å². The van der Waals surface area contributed by atoms with E-state index in [1.165, 1.54) is 0 Å². The monoisotopic (exact) mass is 311 g/mol. The zero-order valence-corrected chi connectivity index (χ0v) is 13.2. The topological polar surface area (TPSA) is 85.4 Å². The summed E-state index contributed by atoms with van der Waals surface area (Å²) in [6.45, 7) is 3.19. The second-order valence-corrected chi connectivity index (χ2v) is 5.54. The molecule has 1 aliphatic rings. The minimum Gasteiger partial charge on any atom is -0.493 e. The van der Waals surface area contributed by atoms with Crippen LogP contribution < -0.4 is 15.8 Å². The van der Waals surface area contributed by atoms with Gasteiger partial charge in [0.1, 0.15) is 5.75 Å². The predicted octanol–water partition coefficient (Wildman–Crippen LogP) is 1.76. The Balaban J connectivity index is 1.57. The number of benzene rings is 1. The molecule has 0 spiro atoms. The van der Waals surface area contributed by atoms with Crippen molar-refractivity contribution in [3.05, 3.63) is 53.6 Å². The minimum absolute atomic E-state index is 0.142. The minimum atomic E-state index is 0.142. The van der Waals surface area contributed by atoms with Crippen LogP contribution in [0.3, 0.4) is 0 Å². The van der Waals surface area contributed by atoms with Crippen molar-refractivity contribution in [1.29, 1.82) is 0 Å². The van der Waals surface area contributed by atoms with E-state index in [1.807, 2.05) is 25.1 Å². The molecule has 1 aromatic heterocycles. The number of para-hydroxylation sites is 1. The fourth-order valence-corrected chi connectivity index (χ4v) is 2.56. The first kappa shape index (κ1) is 15.3. The SMILES string of the molecule is Cc1cnc(CCN=C(N)NC2CCOc3ccccc32)cn1. The second kappa shape index (κ2) is 7.09. The van der Waals surface area contributed by atoms with E-state index in [0.29, 0.717) is 19.1 Å². The number of nitrogens with one attached hydrogen (secondary N) is 1. The van der Waals surface area contributed by atoms with Gasteiger partial charge in [-0.25, -0.2) is 0 Å². The second-order valence-electron chi connectivity index (χ2n) is 5.54. The summed E-state index contributed by atoms with van der Waals surface area (Å²) < 4.78 is 5.65. The first-order valence-electron chi connectivity index (χ1n) is 7.78. The molecule has 120 valence electrons. The number of aryl methyl sites for hydroxylation is 1. The van der Waals surface area contributed by atoms with Crippen LogP contribution in [0.2, 0.25) is 0 Å². The molecular formula is C17H21N5O. The Morgan fingerprint density at radius 2 is 2.22 bits per heavy atom. The first-order chi connectivity index (χ1) is 11.2. The smallest absolute Gasteiger partial charge is 0.189 e. The van der Waals surface area contributed by atoms with Crippen molar-refractivity contribution in [3.8, 4) is 5.75 Å². The Bertz CT molecular complexity index is 684. The lowest BCUT2D eigenvalue weighted by atomic mass is 10.0. The van der Waals surface area contributed by atoms with Gasteiger partial charge in [0.2, 0.25) is 0 Å². The van der Waals surface area contributed by atoms with Gasteiger partial charge in [0.25, 0.3) is 0 Å². The standard InChI is InChI=1S/C17H21N5O/c1-12-10-21-13(11-20-12)6-8-19-17(18)22-15-7-9-23-16-5-3-2-4-14(15)16/h2-5,10-11,15H,6-9H2,1H3,(H3,18,19,22). The van der Waals surface area contributed by atoms with Gasteiger partial charge in [-0.3, -0.25) is 15.0 Å². The van der Waals surface area contributed by atoms with Crippen LogP contribution >= 0.6 is 0 Å². The fraction of sp³-hybridized carbons (Fsp3) is 0.353. The molecule has 0 bridgehead atoms. The van der Waals surface area contributed by atoms with Gasteiger partial charge in [-0.05, 0) is 13.0 Å². The molecule has 6 nitrogen and oxygen atoms in total. The number of ether oxygens (including phenoxy) is 1. The summed E-state index contributed by atoms with van der Waals surface area (Å²) in [5.41, 5.74) is 8.97. The molecule has 2 aromatic rings. The van der Waals surface area contributed by atoms with E-state index in [2.05, 4.69) is 26.3 Å². The Morgan fingerprint density at radius 1 is 1.35 bits per heavy atom. The van der Waals surface area contributed by atoms with Crippen molar-refractivity contribution in [2.24, 2.45) is 10.7 Å². The van der Waals surface area contributed by atoms with Gasteiger partial charge < -0.3 is 15.8 Å². The van der Waals surface area contributed by atoms with Gasteiger partial charge in [0.05, 0.1) is 24.0 Å². The maximum absolute atomic E-state index is 6.01. The molecule has 0 radical (unpaired) electrons. The number of aliphatic imine (C=N–C) groups is 1. The number of nitrogens with two attached hydrogens (primary N) is 1. The van der Waals surface area contributed by atoms with E-state index >= 15 is 0 Å². The van der Waals surface area contributed by atoms with Crippen molar-refractivity contribution >= 4 is 5.96 Å². The molecule has 3 N–H and O–H groups in total. The number of nitrogens with zero attached hydrogens (tertiary/aromatic N) is 3. The number of hydrogen-bond acceptors (Lipinski definition) is 4. The molecule has 0 fully saturated rings. The van der Waals surface area contributed by atoms with Crippen LogP contribution in [0.25, 0.3) is 0 Å². The highest BCUT2D eigenvalue weighted by Gasteiger charge is 2.21. The zero-order valence-electron chi connectivity index (χ0n) is 13.2. The summed E-state index contributed by atoms with van der Waals surface area (Å²) in [5.74, 6) is 1.37. The highest BCUT2D eigenvalue weighted by atomic mass is 16.5. The van der Waals surface area contributed by atoms with E-state index < -0.39 is 0 Å². The van der Waals surface area contributed by atoms with Gasteiger partial charge in [0.15, 0.2) is 5.96 Å². The van der Waals surface area contributed by atoms with Crippen LogP contribution in [0, 0.1) is 6.92 Å². The van der Waals surface area contributed by atoms with E-state index in [-0.39, 0.29) is 6.04 Å². The Morgan fingerprint density at radius 3 is 3.04 bits per heavy atom. The molecule has 2 heterocycles. The van der Waals surface area contributed by atoms with Gasteiger partial charge in [-0.15, -0.1) is 0 Å². The molecule has 1 aromatic carbocycles. The van der Waals surface area contributed by atoms with Crippen molar-refractivity contribution in [2.45, 2.75) is 25.8 Å². The number of aromatic nitrogens is 2. The largest absolute Gasteiger partial charge is 0.493 e.